The van der Waals surface area contributed by atoms with Gasteiger partial charge in [-0.1, -0.05) is 142 Å². The van der Waals surface area contributed by atoms with Crippen molar-refractivity contribution in [3.05, 3.63) is 12.2 Å². The summed E-state index contributed by atoms with van der Waals surface area (Å²) < 4.78 is 2.28. The van der Waals surface area contributed by atoms with Crippen molar-refractivity contribution in [1.29, 1.82) is 0 Å². The van der Waals surface area contributed by atoms with Crippen LogP contribution in [0, 0.1) is 0 Å². The summed E-state index contributed by atoms with van der Waals surface area (Å²) in [6, 6.07) is 0. The van der Waals surface area contributed by atoms with E-state index in [1.165, 1.54) is 180 Å². The van der Waals surface area contributed by atoms with Gasteiger partial charge in [-0.25, -0.2) is 0 Å². The molecule has 0 rings (SSSR count). The Kier molecular flexibility index (Phi) is 26.6. The van der Waals surface area contributed by atoms with E-state index in [2.05, 4.69) is 54.2 Å². The summed E-state index contributed by atoms with van der Waals surface area (Å²) in [5.74, 6) is 0. The van der Waals surface area contributed by atoms with Crippen LogP contribution in [-0.2, 0) is 0 Å². The maximum absolute atomic E-state index is 2.46. The lowest BCUT2D eigenvalue weighted by Gasteiger charge is -2.30. The molecule has 0 unspecified atom stereocenters. The number of unbranched alkanes of at least 4 members (excludes halogenated alkanes) is 22. The Labute approximate surface area is 243 Å². The molecule has 228 valence electrons. The molecule has 0 aromatic rings. The molecule has 0 saturated carbocycles. The van der Waals surface area contributed by atoms with Crippen molar-refractivity contribution in [1.82, 2.24) is 0 Å². The molecular formula is C36H76N2+2. The van der Waals surface area contributed by atoms with Crippen LogP contribution in [0.4, 0.5) is 0 Å². The van der Waals surface area contributed by atoms with Crippen molar-refractivity contribution < 1.29 is 8.97 Å². The van der Waals surface area contributed by atoms with Crippen LogP contribution in [0.15, 0.2) is 12.2 Å². The molecule has 0 heterocycles. The van der Waals surface area contributed by atoms with Gasteiger partial charge in [-0.15, -0.1) is 0 Å². The fraction of sp³-hybridized carbons (Fsp3) is 0.944. The van der Waals surface area contributed by atoms with Gasteiger partial charge in [0.2, 0.25) is 0 Å². The molecule has 0 fully saturated rings. The molecule has 0 radical (unpaired) electrons. The minimum atomic E-state index is 1.14. The Balaban J connectivity index is 3.63. The molecule has 38 heavy (non-hydrogen) atoms. The number of rotatable bonds is 30. The van der Waals surface area contributed by atoms with Gasteiger partial charge in [-0.2, -0.15) is 0 Å². The molecule has 0 N–H and O–H groups in total. The molecule has 0 aliphatic carbocycles. The smallest absolute Gasteiger partial charge is 0.0971 e. The van der Waals surface area contributed by atoms with Gasteiger partial charge in [0.25, 0.3) is 0 Å². The summed E-state index contributed by atoms with van der Waals surface area (Å²) in [5, 5.41) is 0. The first-order valence-electron chi connectivity index (χ1n) is 17.6. The predicted molar refractivity (Wildman–Crippen MR) is 175 cm³/mol. The minimum absolute atomic E-state index is 1.14. The second-order valence-corrected chi connectivity index (χ2v) is 13.9. The van der Waals surface area contributed by atoms with Gasteiger partial charge in [0.15, 0.2) is 0 Å². The Bertz CT molecular complexity index is 450. The van der Waals surface area contributed by atoms with Crippen molar-refractivity contribution in [2.45, 2.75) is 168 Å². The Morgan fingerprint density at radius 2 is 0.526 bits per heavy atom. The van der Waals surface area contributed by atoms with Crippen molar-refractivity contribution in [3.63, 3.8) is 0 Å². The molecular weight excluding hydrogens is 460 g/mol. The largest absolute Gasteiger partial charge is 0.325 e. The van der Waals surface area contributed by atoms with Crippen molar-refractivity contribution in [2.24, 2.45) is 0 Å². The van der Waals surface area contributed by atoms with E-state index in [9.17, 15) is 0 Å². The van der Waals surface area contributed by atoms with Gasteiger partial charge < -0.3 is 8.97 Å². The Hall–Kier alpha value is -0.340. The van der Waals surface area contributed by atoms with E-state index in [0.717, 1.165) is 8.97 Å². The van der Waals surface area contributed by atoms with Crippen molar-refractivity contribution >= 4 is 0 Å². The van der Waals surface area contributed by atoms with Gasteiger partial charge in [-0.3, -0.25) is 0 Å². The lowest BCUT2D eigenvalue weighted by atomic mass is 10.1. The Morgan fingerprint density at radius 1 is 0.316 bits per heavy atom. The molecule has 2 heteroatoms. The first-order chi connectivity index (χ1) is 18.3. The first kappa shape index (κ1) is 37.7. The second-order valence-electron chi connectivity index (χ2n) is 13.9. The molecule has 0 aromatic carbocycles. The highest BCUT2D eigenvalue weighted by molar-refractivity contribution is 4.81. The van der Waals surface area contributed by atoms with E-state index in [-0.39, 0.29) is 0 Å². The Morgan fingerprint density at radius 3 is 0.763 bits per heavy atom. The number of quaternary nitrogens is 2. The summed E-state index contributed by atoms with van der Waals surface area (Å²) in [4.78, 5) is 0. The van der Waals surface area contributed by atoms with Crippen LogP contribution in [0.3, 0.4) is 0 Å². The summed E-state index contributed by atoms with van der Waals surface area (Å²) in [6.45, 7) is 9.60. The SMILES string of the molecule is CCCCCCCCCCCCCC[N+](C)(C)C/C=C/C[N+](C)(C)CCCCCCCCCCCCCC. The molecule has 0 aromatic heterocycles. The van der Waals surface area contributed by atoms with Crippen LogP contribution < -0.4 is 0 Å². The van der Waals surface area contributed by atoms with E-state index in [1.54, 1.807) is 0 Å². The number of nitrogens with zero attached hydrogens (tertiary/aromatic N) is 2. The maximum atomic E-state index is 2.46. The quantitative estimate of drug-likeness (QED) is 0.0486. The van der Waals surface area contributed by atoms with Gasteiger partial charge in [0.1, 0.15) is 0 Å². The van der Waals surface area contributed by atoms with Gasteiger partial charge in [-0.05, 0) is 37.8 Å². The molecule has 0 amide bonds. The van der Waals surface area contributed by atoms with Crippen molar-refractivity contribution in [2.75, 3.05) is 54.4 Å². The zero-order valence-electron chi connectivity index (χ0n) is 27.8. The zero-order valence-corrected chi connectivity index (χ0v) is 27.8. The van der Waals surface area contributed by atoms with Gasteiger partial charge >= 0.3 is 0 Å². The van der Waals surface area contributed by atoms with Crippen LogP contribution in [0.5, 0.6) is 0 Å². The third kappa shape index (κ3) is 28.7. The highest BCUT2D eigenvalue weighted by atomic mass is 15.3. The fourth-order valence-electron chi connectivity index (χ4n) is 5.66. The summed E-state index contributed by atoms with van der Waals surface area (Å²) in [5.41, 5.74) is 0. The summed E-state index contributed by atoms with van der Waals surface area (Å²) in [6.07, 6.45) is 39.5. The lowest BCUT2D eigenvalue weighted by Crippen LogP contribution is -2.42. The average molecular weight is 537 g/mol. The molecule has 0 aliphatic heterocycles. The van der Waals surface area contributed by atoms with Crippen LogP contribution in [0.2, 0.25) is 0 Å². The fourth-order valence-corrected chi connectivity index (χ4v) is 5.66. The molecule has 2 nitrogen and oxygen atoms in total. The normalized spacial score (nSPS) is 12.7. The molecule has 0 saturated heterocycles. The molecule has 0 atom stereocenters. The third-order valence-corrected chi connectivity index (χ3v) is 8.60. The maximum Gasteiger partial charge on any atom is 0.0971 e. The molecule has 0 aliphatic rings. The summed E-state index contributed by atoms with van der Waals surface area (Å²) in [7, 11) is 9.65. The standard InChI is InChI=1S/C36H76N2/c1-7-9-11-13-15-17-19-21-23-25-27-29-33-37(3,4)35-31-32-36-38(5,6)34-30-28-26-24-22-20-18-16-14-12-10-8-2/h31-32H,7-30,33-36H2,1-6H3/q+2/b32-31+. The van der Waals surface area contributed by atoms with E-state index in [0.29, 0.717) is 0 Å². The highest BCUT2D eigenvalue weighted by Crippen LogP contribution is 2.14. The average Bonchev–Trinajstić information content (AvgIpc) is 2.88. The lowest BCUT2D eigenvalue weighted by molar-refractivity contribution is -0.887. The van der Waals surface area contributed by atoms with Crippen LogP contribution in [-0.4, -0.2) is 63.3 Å². The van der Waals surface area contributed by atoms with Gasteiger partial charge in [0, 0.05) is 0 Å². The van der Waals surface area contributed by atoms with Gasteiger partial charge in [0.05, 0.1) is 54.4 Å². The topological polar surface area (TPSA) is 0 Å². The number of hydrogen-bond acceptors (Lipinski definition) is 0. The highest BCUT2D eigenvalue weighted by Gasteiger charge is 2.14. The van der Waals surface area contributed by atoms with Crippen LogP contribution in [0.1, 0.15) is 168 Å². The van der Waals surface area contributed by atoms with E-state index >= 15 is 0 Å². The monoisotopic (exact) mass is 537 g/mol. The number of likely N-dealkylation sites (N-methyl/N-ethyl adjacent to an activating group) is 2. The molecule has 0 spiro atoms. The summed E-state index contributed by atoms with van der Waals surface area (Å²) >= 11 is 0. The predicted octanol–water partition coefficient (Wildman–Crippen LogP) is 11.1. The third-order valence-electron chi connectivity index (χ3n) is 8.60. The van der Waals surface area contributed by atoms with E-state index < -0.39 is 0 Å². The van der Waals surface area contributed by atoms with Crippen LogP contribution in [0.25, 0.3) is 0 Å². The van der Waals surface area contributed by atoms with E-state index in [4.69, 9.17) is 0 Å². The van der Waals surface area contributed by atoms with E-state index in [1.807, 2.05) is 0 Å². The second kappa shape index (κ2) is 26.9. The molecule has 0 bridgehead atoms. The first-order valence-corrected chi connectivity index (χ1v) is 17.6. The van der Waals surface area contributed by atoms with Crippen LogP contribution >= 0.6 is 0 Å². The van der Waals surface area contributed by atoms with Crippen molar-refractivity contribution in [3.8, 4) is 0 Å². The zero-order chi connectivity index (χ0) is 28.2. The minimum Gasteiger partial charge on any atom is -0.325 e. The number of hydrogen-bond donors (Lipinski definition) is 0.